The first kappa shape index (κ1) is 22.1. The minimum absolute atomic E-state index is 0.344. The molecule has 0 aliphatic carbocycles. The van der Waals surface area contributed by atoms with Crippen LogP contribution in [0.25, 0.3) is 17.3 Å². The highest BCUT2D eigenvalue weighted by atomic mass is 35.5. The van der Waals surface area contributed by atoms with Gasteiger partial charge in [-0.2, -0.15) is 5.10 Å². The number of carbonyl (C=O) groups excluding carboxylic acids is 2. The molecule has 0 unspecified atom stereocenters. The average Bonchev–Trinajstić information content (AvgIpc) is 3.10. The van der Waals surface area contributed by atoms with Crippen molar-refractivity contribution in [2.24, 2.45) is 0 Å². The van der Waals surface area contributed by atoms with Crippen molar-refractivity contribution in [1.29, 1.82) is 0 Å². The summed E-state index contributed by atoms with van der Waals surface area (Å²) < 4.78 is 1.58. The molecule has 0 radical (unpaired) electrons. The van der Waals surface area contributed by atoms with Crippen LogP contribution in [0, 0.1) is 13.8 Å². The third-order valence-electron chi connectivity index (χ3n) is 5.73. The minimum Gasteiger partial charge on any atom is -0.268 e. The lowest BCUT2D eigenvalue weighted by molar-refractivity contribution is -0.112. The van der Waals surface area contributed by atoms with Gasteiger partial charge in [-0.05, 0) is 67.4 Å². The van der Waals surface area contributed by atoms with Crippen LogP contribution < -0.4 is 4.90 Å². The number of anilines is 1. The van der Waals surface area contributed by atoms with Crippen LogP contribution in [-0.4, -0.2) is 21.6 Å². The maximum Gasteiger partial charge on any atom is 0.265 e. The normalized spacial score (nSPS) is 14.6. The Balaban J connectivity index is 1.69. The number of carbonyl (C=O) groups is 2. The van der Waals surface area contributed by atoms with E-state index in [1.54, 1.807) is 53.2 Å². The van der Waals surface area contributed by atoms with Gasteiger partial charge in [-0.3, -0.25) is 9.59 Å². The Kier molecular flexibility index (Phi) is 5.60. The quantitative estimate of drug-likeness (QED) is 0.244. The highest BCUT2D eigenvalue weighted by molar-refractivity contribution is 6.43. The van der Waals surface area contributed by atoms with E-state index in [0.717, 1.165) is 5.56 Å². The molecule has 2 heterocycles. The lowest BCUT2D eigenvalue weighted by Crippen LogP contribution is -2.41. The van der Waals surface area contributed by atoms with Crippen LogP contribution in [0.4, 0.5) is 5.69 Å². The summed E-state index contributed by atoms with van der Waals surface area (Å²) >= 11 is 12.9. The highest BCUT2D eigenvalue weighted by Crippen LogP contribution is 2.35. The van der Waals surface area contributed by atoms with Crippen LogP contribution >= 0.6 is 23.2 Å². The van der Waals surface area contributed by atoms with E-state index >= 15 is 0 Å². The molecule has 1 aliphatic rings. The molecule has 1 aromatic heterocycles. The molecule has 4 aromatic rings. The van der Waals surface area contributed by atoms with Gasteiger partial charge in [0.25, 0.3) is 11.8 Å². The van der Waals surface area contributed by atoms with Gasteiger partial charge >= 0.3 is 0 Å². The zero-order chi connectivity index (χ0) is 24.0. The Hall–Kier alpha value is -3.67. The summed E-state index contributed by atoms with van der Waals surface area (Å²) in [5, 5.41) is 5.47. The molecular weight excluding hydrogens is 469 g/mol. The van der Waals surface area contributed by atoms with Crippen LogP contribution in [0.5, 0.6) is 0 Å². The number of nitrogens with zero attached hydrogens (tertiary/aromatic N) is 3. The van der Waals surface area contributed by atoms with E-state index in [1.165, 1.54) is 4.90 Å². The first-order chi connectivity index (χ1) is 16.3. The zero-order valence-electron chi connectivity index (χ0n) is 18.4. The summed E-state index contributed by atoms with van der Waals surface area (Å²) in [6, 6.07) is 21.6. The van der Waals surface area contributed by atoms with Crippen molar-refractivity contribution in [3.63, 3.8) is 0 Å². The van der Waals surface area contributed by atoms with E-state index in [4.69, 9.17) is 23.2 Å². The Morgan fingerprint density at radius 2 is 1.50 bits per heavy atom. The molecule has 2 amide bonds. The van der Waals surface area contributed by atoms with Crippen molar-refractivity contribution in [3.8, 4) is 5.69 Å². The summed E-state index contributed by atoms with van der Waals surface area (Å²) in [7, 11) is 0. The van der Waals surface area contributed by atoms with Gasteiger partial charge in [0, 0.05) is 21.7 Å². The third-order valence-corrected chi connectivity index (χ3v) is 6.33. The molecule has 0 atom stereocenters. The number of imide groups is 1. The van der Waals surface area contributed by atoms with E-state index < -0.39 is 5.91 Å². The van der Waals surface area contributed by atoms with E-state index in [0.29, 0.717) is 49.5 Å². The fourth-order valence-electron chi connectivity index (χ4n) is 4.09. The minimum atomic E-state index is -0.416. The lowest BCUT2D eigenvalue weighted by Gasteiger charge is -2.29. The first-order valence-electron chi connectivity index (χ1n) is 10.6. The first-order valence-corrected chi connectivity index (χ1v) is 11.4. The van der Waals surface area contributed by atoms with Crippen molar-refractivity contribution < 1.29 is 9.59 Å². The average molecular weight is 488 g/mol. The molecule has 0 N–H and O–H groups in total. The van der Waals surface area contributed by atoms with Crippen molar-refractivity contribution >= 4 is 52.4 Å². The fraction of sp³-hybridized carbons (Fsp3) is 0.0741. The van der Waals surface area contributed by atoms with Gasteiger partial charge < -0.3 is 0 Å². The molecule has 0 saturated carbocycles. The molecule has 0 bridgehead atoms. The number of hydrogen-bond donors (Lipinski definition) is 0. The van der Waals surface area contributed by atoms with Crippen LogP contribution in [0.3, 0.4) is 0 Å². The van der Waals surface area contributed by atoms with Gasteiger partial charge in [-0.1, -0.05) is 59.6 Å². The molecule has 7 heteroatoms. The van der Waals surface area contributed by atoms with Crippen molar-refractivity contribution in [3.05, 3.63) is 111 Å². The largest absolute Gasteiger partial charge is 0.268 e. The zero-order valence-corrected chi connectivity index (χ0v) is 19.9. The molecule has 0 spiro atoms. The number of benzene rings is 3. The molecule has 1 aliphatic heterocycles. The molecular formula is C27H19Cl2N3O2. The second-order valence-electron chi connectivity index (χ2n) is 8.07. The number of fused-ring (bicyclic) bond motifs is 1. The summed E-state index contributed by atoms with van der Waals surface area (Å²) in [4.78, 5) is 28.2. The van der Waals surface area contributed by atoms with Gasteiger partial charge in [0.05, 0.1) is 17.1 Å². The van der Waals surface area contributed by atoms with Gasteiger partial charge in [-0.15, -0.1) is 0 Å². The standard InChI is InChI=1S/C27H19Cl2N3O2/c1-16-7-5-9-19(13-16)31-26(33)22-12-4-3-11-21(22)24(27(31)34)15-23-17(2)30-32(25(23)29)20-10-6-8-18(28)14-20/h3-15H,1-2H3. The smallest absolute Gasteiger partial charge is 0.265 e. The monoisotopic (exact) mass is 487 g/mol. The summed E-state index contributed by atoms with van der Waals surface area (Å²) in [6.07, 6.45) is 1.71. The summed E-state index contributed by atoms with van der Waals surface area (Å²) in [6.45, 7) is 3.74. The Morgan fingerprint density at radius 1 is 0.794 bits per heavy atom. The van der Waals surface area contributed by atoms with E-state index in [1.807, 2.05) is 44.2 Å². The van der Waals surface area contributed by atoms with E-state index in [9.17, 15) is 9.59 Å². The van der Waals surface area contributed by atoms with Crippen molar-refractivity contribution in [2.75, 3.05) is 4.90 Å². The summed E-state index contributed by atoms with van der Waals surface area (Å²) in [5.74, 6) is -0.777. The number of halogens is 2. The van der Waals surface area contributed by atoms with Crippen molar-refractivity contribution in [2.45, 2.75) is 13.8 Å². The van der Waals surface area contributed by atoms with Crippen LogP contribution in [0.2, 0.25) is 10.2 Å². The third kappa shape index (κ3) is 3.73. The molecule has 0 saturated heterocycles. The lowest BCUT2D eigenvalue weighted by atomic mass is 9.91. The predicted octanol–water partition coefficient (Wildman–Crippen LogP) is 6.52. The molecule has 5 rings (SSSR count). The Labute approximate surface area is 206 Å². The van der Waals surface area contributed by atoms with Crippen LogP contribution in [0.1, 0.15) is 32.7 Å². The number of hydrogen-bond acceptors (Lipinski definition) is 3. The SMILES string of the molecule is Cc1cccc(N2C(=O)C(=Cc3c(C)nn(-c4cccc(Cl)c4)c3Cl)c3ccccc3C2=O)c1. The second kappa shape index (κ2) is 8.60. The fourth-order valence-corrected chi connectivity index (χ4v) is 4.60. The molecule has 34 heavy (non-hydrogen) atoms. The predicted molar refractivity (Wildman–Crippen MR) is 136 cm³/mol. The highest BCUT2D eigenvalue weighted by Gasteiger charge is 2.36. The summed E-state index contributed by atoms with van der Waals surface area (Å²) in [5.41, 5.74) is 4.79. The number of aryl methyl sites for hydroxylation is 2. The Bertz CT molecular complexity index is 1500. The van der Waals surface area contributed by atoms with Crippen molar-refractivity contribution in [1.82, 2.24) is 9.78 Å². The molecule has 3 aromatic carbocycles. The number of rotatable bonds is 3. The maximum absolute atomic E-state index is 13.7. The van der Waals surface area contributed by atoms with Crippen LogP contribution in [-0.2, 0) is 4.79 Å². The number of aromatic nitrogens is 2. The molecule has 168 valence electrons. The molecule has 5 nitrogen and oxygen atoms in total. The van der Waals surface area contributed by atoms with Gasteiger partial charge in [0.1, 0.15) is 5.15 Å². The van der Waals surface area contributed by atoms with Gasteiger partial charge in [0.2, 0.25) is 0 Å². The van der Waals surface area contributed by atoms with Crippen LogP contribution in [0.15, 0.2) is 72.8 Å². The van der Waals surface area contributed by atoms with Gasteiger partial charge in [0.15, 0.2) is 0 Å². The number of amides is 2. The second-order valence-corrected chi connectivity index (χ2v) is 8.86. The maximum atomic E-state index is 13.7. The Morgan fingerprint density at radius 3 is 2.24 bits per heavy atom. The van der Waals surface area contributed by atoms with E-state index in [2.05, 4.69) is 5.10 Å². The molecule has 0 fully saturated rings. The van der Waals surface area contributed by atoms with E-state index in [-0.39, 0.29) is 5.91 Å². The van der Waals surface area contributed by atoms with Gasteiger partial charge in [-0.25, -0.2) is 9.58 Å². The topological polar surface area (TPSA) is 55.2 Å².